The minimum absolute atomic E-state index is 0.456. The van der Waals surface area contributed by atoms with Gasteiger partial charge in [-0.2, -0.15) is 4.98 Å². The highest BCUT2D eigenvalue weighted by atomic mass is 15.3. The molecular formula is C14H26N6. The highest BCUT2D eigenvalue weighted by Crippen LogP contribution is 2.16. The summed E-state index contributed by atoms with van der Waals surface area (Å²) in [5.74, 6) is 6.63. The van der Waals surface area contributed by atoms with Gasteiger partial charge in [0.2, 0.25) is 5.95 Å². The summed E-state index contributed by atoms with van der Waals surface area (Å²) < 4.78 is 0. The first-order valence-electron chi connectivity index (χ1n) is 7.49. The molecule has 1 saturated heterocycles. The number of nitrogens with two attached hydrogens (primary N) is 1. The molecule has 1 aromatic rings. The standard InChI is InChI=1S/C14H26N6/c1-11-10-13(18-14(17-11)19-15)16-7-5-9-20-8-4-3-6-12(20)2/h10,12H,3-9,15H2,1-2H3,(H2,16,17,18,19). The predicted octanol–water partition coefficient (Wildman–Crippen LogP) is 1.75. The Morgan fingerprint density at radius 1 is 1.40 bits per heavy atom. The summed E-state index contributed by atoms with van der Waals surface area (Å²) >= 11 is 0. The smallest absolute Gasteiger partial charge is 0.239 e. The van der Waals surface area contributed by atoms with E-state index >= 15 is 0 Å². The van der Waals surface area contributed by atoms with Crippen LogP contribution >= 0.6 is 0 Å². The Kier molecular flexibility index (Phi) is 5.55. The number of aromatic nitrogens is 2. The van der Waals surface area contributed by atoms with Crippen LogP contribution in [-0.4, -0.2) is 40.5 Å². The molecule has 1 aromatic heterocycles. The lowest BCUT2D eigenvalue weighted by Gasteiger charge is -2.33. The largest absolute Gasteiger partial charge is 0.370 e. The van der Waals surface area contributed by atoms with E-state index in [-0.39, 0.29) is 0 Å². The summed E-state index contributed by atoms with van der Waals surface area (Å²) in [5, 5.41) is 3.34. The van der Waals surface area contributed by atoms with Crippen LogP contribution in [0.2, 0.25) is 0 Å². The maximum Gasteiger partial charge on any atom is 0.239 e. The first kappa shape index (κ1) is 15.0. The fourth-order valence-corrected chi connectivity index (χ4v) is 2.71. The summed E-state index contributed by atoms with van der Waals surface area (Å²) in [6.07, 6.45) is 5.18. The molecule has 6 nitrogen and oxygen atoms in total. The number of nitrogens with zero attached hydrogens (tertiary/aromatic N) is 3. The Balaban J connectivity index is 1.74. The maximum atomic E-state index is 5.35. The number of nitrogens with one attached hydrogen (secondary N) is 2. The van der Waals surface area contributed by atoms with Crippen molar-refractivity contribution in [3.63, 3.8) is 0 Å². The predicted molar refractivity (Wildman–Crippen MR) is 82.6 cm³/mol. The molecule has 0 bridgehead atoms. The number of nitrogen functional groups attached to an aromatic ring is 1. The molecule has 0 radical (unpaired) electrons. The van der Waals surface area contributed by atoms with Gasteiger partial charge in [0.15, 0.2) is 0 Å². The van der Waals surface area contributed by atoms with Crippen LogP contribution in [0.25, 0.3) is 0 Å². The Bertz CT molecular complexity index is 422. The van der Waals surface area contributed by atoms with E-state index in [2.05, 4.69) is 32.5 Å². The number of anilines is 2. The van der Waals surface area contributed by atoms with E-state index in [1.165, 1.54) is 25.8 Å². The fourth-order valence-electron chi connectivity index (χ4n) is 2.71. The van der Waals surface area contributed by atoms with Crippen LogP contribution < -0.4 is 16.6 Å². The van der Waals surface area contributed by atoms with Gasteiger partial charge in [-0.05, 0) is 39.7 Å². The molecule has 2 rings (SSSR count). The zero-order chi connectivity index (χ0) is 14.4. The summed E-state index contributed by atoms with van der Waals surface area (Å²) in [5.41, 5.74) is 3.39. The van der Waals surface area contributed by atoms with Crippen LogP contribution in [0.4, 0.5) is 11.8 Å². The molecule has 0 saturated carbocycles. The van der Waals surface area contributed by atoms with E-state index in [4.69, 9.17) is 5.84 Å². The molecule has 0 spiro atoms. The van der Waals surface area contributed by atoms with E-state index < -0.39 is 0 Å². The van der Waals surface area contributed by atoms with Crippen molar-refractivity contribution in [1.82, 2.24) is 14.9 Å². The molecule has 1 aliphatic heterocycles. The number of piperidine rings is 1. The average molecular weight is 278 g/mol. The number of likely N-dealkylation sites (tertiary alicyclic amines) is 1. The molecule has 20 heavy (non-hydrogen) atoms. The molecule has 0 aromatic carbocycles. The van der Waals surface area contributed by atoms with E-state index in [1.807, 2.05) is 13.0 Å². The molecule has 112 valence electrons. The third-order valence-corrected chi connectivity index (χ3v) is 3.85. The van der Waals surface area contributed by atoms with Crippen molar-refractivity contribution < 1.29 is 0 Å². The number of rotatable bonds is 6. The minimum atomic E-state index is 0.456. The molecule has 1 fully saturated rings. The van der Waals surface area contributed by atoms with Crippen LogP contribution in [0, 0.1) is 6.92 Å². The van der Waals surface area contributed by atoms with E-state index in [0.717, 1.165) is 37.1 Å². The average Bonchev–Trinajstić information content (AvgIpc) is 2.44. The maximum absolute atomic E-state index is 5.35. The van der Waals surface area contributed by atoms with Crippen molar-refractivity contribution >= 4 is 11.8 Å². The van der Waals surface area contributed by atoms with Gasteiger partial charge in [-0.3, -0.25) is 5.43 Å². The summed E-state index contributed by atoms with van der Waals surface area (Å²) in [7, 11) is 0. The zero-order valence-electron chi connectivity index (χ0n) is 12.5. The molecule has 0 amide bonds. The quantitative estimate of drug-likeness (QED) is 0.418. The highest BCUT2D eigenvalue weighted by molar-refractivity contribution is 5.41. The Hall–Kier alpha value is -1.40. The fraction of sp³-hybridized carbons (Fsp3) is 0.714. The SMILES string of the molecule is Cc1cc(NCCCN2CCCCC2C)nc(NN)n1. The molecule has 1 atom stereocenters. The van der Waals surface area contributed by atoms with Crippen LogP contribution in [0.5, 0.6) is 0 Å². The third-order valence-electron chi connectivity index (χ3n) is 3.85. The van der Waals surface area contributed by atoms with Gasteiger partial charge in [-0.1, -0.05) is 6.42 Å². The highest BCUT2D eigenvalue weighted by Gasteiger charge is 2.16. The van der Waals surface area contributed by atoms with Crippen LogP contribution in [-0.2, 0) is 0 Å². The van der Waals surface area contributed by atoms with Gasteiger partial charge in [0.1, 0.15) is 5.82 Å². The lowest BCUT2D eigenvalue weighted by Crippen LogP contribution is -2.38. The lowest BCUT2D eigenvalue weighted by molar-refractivity contribution is 0.160. The minimum Gasteiger partial charge on any atom is -0.370 e. The van der Waals surface area contributed by atoms with Crippen LogP contribution in [0.3, 0.4) is 0 Å². The van der Waals surface area contributed by atoms with Gasteiger partial charge in [0, 0.05) is 30.9 Å². The zero-order valence-corrected chi connectivity index (χ0v) is 12.5. The van der Waals surface area contributed by atoms with Crippen LogP contribution in [0.15, 0.2) is 6.07 Å². The molecular weight excluding hydrogens is 252 g/mol. The van der Waals surface area contributed by atoms with Gasteiger partial charge in [0.05, 0.1) is 0 Å². The van der Waals surface area contributed by atoms with E-state index in [9.17, 15) is 0 Å². The van der Waals surface area contributed by atoms with Crippen molar-refractivity contribution in [3.8, 4) is 0 Å². The number of hydrazine groups is 1. The van der Waals surface area contributed by atoms with E-state index in [1.54, 1.807) is 0 Å². The second-order valence-corrected chi connectivity index (χ2v) is 5.52. The Labute approximate surface area is 121 Å². The summed E-state index contributed by atoms with van der Waals surface area (Å²) in [6, 6.07) is 2.67. The summed E-state index contributed by atoms with van der Waals surface area (Å²) in [6.45, 7) is 7.58. The first-order chi connectivity index (χ1) is 9.69. The van der Waals surface area contributed by atoms with Gasteiger partial charge < -0.3 is 10.2 Å². The molecule has 4 N–H and O–H groups in total. The number of aryl methyl sites for hydroxylation is 1. The third kappa shape index (κ3) is 4.31. The van der Waals surface area contributed by atoms with Gasteiger partial charge >= 0.3 is 0 Å². The van der Waals surface area contributed by atoms with Crippen molar-refractivity contribution in [2.45, 2.75) is 45.6 Å². The Morgan fingerprint density at radius 2 is 2.25 bits per heavy atom. The van der Waals surface area contributed by atoms with Crippen molar-refractivity contribution in [2.75, 3.05) is 30.4 Å². The molecule has 6 heteroatoms. The molecule has 1 aliphatic rings. The second-order valence-electron chi connectivity index (χ2n) is 5.52. The Morgan fingerprint density at radius 3 is 3.00 bits per heavy atom. The number of hydrogen-bond donors (Lipinski definition) is 3. The molecule has 1 unspecified atom stereocenters. The monoisotopic (exact) mass is 278 g/mol. The molecule has 0 aliphatic carbocycles. The normalized spacial score (nSPS) is 19.9. The van der Waals surface area contributed by atoms with Gasteiger partial charge in [-0.15, -0.1) is 0 Å². The van der Waals surface area contributed by atoms with Gasteiger partial charge in [0.25, 0.3) is 0 Å². The van der Waals surface area contributed by atoms with E-state index in [0.29, 0.717) is 5.95 Å². The topological polar surface area (TPSA) is 79.1 Å². The lowest BCUT2D eigenvalue weighted by atomic mass is 10.0. The van der Waals surface area contributed by atoms with Crippen molar-refractivity contribution in [1.29, 1.82) is 0 Å². The van der Waals surface area contributed by atoms with Crippen molar-refractivity contribution in [3.05, 3.63) is 11.8 Å². The van der Waals surface area contributed by atoms with Crippen molar-refractivity contribution in [2.24, 2.45) is 5.84 Å². The summed E-state index contributed by atoms with van der Waals surface area (Å²) in [4.78, 5) is 11.0. The number of hydrogen-bond acceptors (Lipinski definition) is 6. The molecule has 2 heterocycles. The van der Waals surface area contributed by atoms with Gasteiger partial charge in [-0.25, -0.2) is 10.8 Å². The van der Waals surface area contributed by atoms with Crippen LogP contribution in [0.1, 0.15) is 38.3 Å². The second kappa shape index (κ2) is 7.40. The first-order valence-corrected chi connectivity index (χ1v) is 7.49.